The standard InChI is InChI=1S/C9H9N3S2/c1-6-9(13-2)14-8(12-6)7-5-10-3-4-11-7/h3-5H,1-2H3. The van der Waals surface area contributed by atoms with Gasteiger partial charge in [0.15, 0.2) is 0 Å². The first-order valence-electron chi connectivity index (χ1n) is 4.09. The molecule has 2 rings (SSSR count). The predicted molar refractivity (Wildman–Crippen MR) is 59.7 cm³/mol. The Labute approximate surface area is 90.6 Å². The van der Waals surface area contributed by atoms with Crippen LogP contribution in [0.3, 0.4) is 0 Å². The topological polar surface area (TPSA) is 38.7 Å². The second-order valence-electron chi connectivity index (χ2n) is 2.69. The van der Waals surface area contributed by atoms with Gasteiger partial charge in [0, 0.05) is 12.4 Å². The van der Waals surface area contributed by atoms with Crippen LogP contribution in [0.1, 0.15) is 5.69 Å². The van der Waals surface area contributed by atoms with E-state index in [1.54, 1.807) is 41.7 Å². The van der Waals surface area contributed by atoms with Crippen molar-refractivity contribution < 1.29 is 0 Å². The lowest BCUT2D eigenvalue weighted by Crippen LogP contribution is -1.82. The van der Waals surface area contributed by atoms with Crippen molar-refractivity contribution in [3.8, 4) is 10.7 Å². The maximum Gasteiger partial charge on any atom is 0.144 e. The van der Waals surface area contributed by atoms with Crippen LogP contribution in [-0.4, -0.2) is 21.2 Å². The zero-order chi connectivity index (χ0) is 9.97. The van der Waals surface area contributed by atoms with Gasteiger partial charge in [-0.1, -0.05) is 0 Å². The van der Waals surface area contributed by atoms with Crippen molar-refractivity contribution >= 4 is 23.1 Å². The Bertz CT molecular complexity index is 425. The third-order valence-electron chi connectivity index (χ3n) is 1.72. The van der Waals surface area contributed by atoms with Crippen molar-refractivity contribution in [1.29, 1.82) is 0 Å². The Kier molecular flexibility index (Phi) is 2.79. The summed E-state index contributed by atoms with van der Waals surface area (Å²) < 4.78 is 1.24. The lowest BCUT2D eigenvalue weighted by Gasteiger charge is -1.90. The van der Waals surface area contributed by atoms with Crippen LogP contribution in [0.4, 0.5) is 0 Å². The van der Waals surface area contributed by atoms with Crippen molar-refractivity contribution in [2.24, 2.45) is 0 Å². The Morgan fingerprint density at radius 2 is 2.21 bits per heavy atom. The molecule has 0 bridgehead atoms. The molecule has 2 aromatic heterocycles. The maximum atomic E-state index is 4.45. The van der Waals surface area contributed by atoms with E-state index in [2.05, 4.69) is 21.2 Å². The van der Waals surface area contributed by atoms with E-state index in [4.69, 9.17) is 0 Å². The molecule has 0 aliphatic carbocycles. The highest BCUT2D eigenvalue weighted by atomic mass is 32.2. The summed E-state index contributed by atoms with van der Waals surface area (Å²) >= 11 is 3.38. The zero-order valence-corrected chi connectivity index (χ0v) is 9.52. The second-order valence-corrected chi connectivity index (χ2v) is 4.76. The molecule has 0 spiro atoms. The van der Waals surface area contributed by atoms with Gasteiger partial charge in [-0.2, -0.15) is 0 Å². The summed E-state index contributed by atoms with van der Waals surface area (Å²) in [6, 6.07) is 0. The third-order valence-corrected chi connectivity index (χ3v) is 4.11. The van der Waals surface area contributed by atoms with E-state index in [9.17, 15) is 0 Å². The molecule has 3 nitrogen and oxygen atoms in total. The van der Waals surface area contributed by atoms with Crippen LogP contribution >= 0.6 is 23.1 Å². The molecule has 0 amide bonds. The second kappa shape index (κ2) is 4.06. The van der Waals surface area contributed by atoms with E-state index >= 15 is 0 Å². The van der Waals surface area contributed by atoms with Crippen LogP contribution in [-0.2, 0) is 0 Å². The first-order valence-corrected chi connectivity index (χ1v) is 6.13. The number of nitrogens with zero attached hydrogens (tertiary/aromatic N) is 3. The summed E-state index contributed by atoms with van der Waals surface area (Å²) in [7, 11) is 0. The summed E-state index contributed by atoms with van der Waals surface area (Å²) in [5.74, 6) is 0. The number of aromatic nitrogens is 3. The molecule has 0 saturated carbocycles. The summed E-state index contributed by atoms with van der Waals surface area (Å²) in [5, 5.41) is 0.944. The fourth-order valence-corrected chi connectivity index (χ4v) is 2.76. The summed E-state index contributed by atoms with van der Waals surface area (Å²) in [6.45, 7) is 2.02. The number of hydrogen-bond acceptors (Lipinski definition) is 5. The smallest absolute Gasteiger partial charge is 0.144 e. The molecule has 14 heavy (non-hydrogen) atoms. The van der Waals surface area contributed by atoms with E-state index in [0.717, 1.165) is 16.4 Å². The van der Waals surface area contributed by atoms with Crippen molar-refractivity contribution in [2.75, 3.05) is 6.26 Å². The lowest BCUT2D eigenvalue weighted by atomic mass is 10.5. The van der Waals surface area contributed by atoms with E-state index in [-0.39, 0.29) is 0 Å². The SMILES string of the molecule is CSc1sc(-c2cnccn2)nc1C. The Hall–Kier alpha value is -0.940. The Balaban J connectivity index is 2.43. The number of thiazole rings is 1. The van der Waals surface area contributed by atoms with Gasteiger partial charge < -0.3 is 0 Å². The van der Waals surface area contributed by atoms with Gasteiger partial charge in [0.1, 0.15) is 10.7 Å². The molecule has 72 valence electrons. The van der Waals surface area contributed by atoms with Crippen LogP contribution in [0, 0.1) is 6.92 Å². The average molecular weight is 223 g/mol. The highest BCUT2D eigenvalue weighted by Gasteiger charge is 2.08. The maximum absolute atomic E-state index is 4.45. The molecule has 0 fully saturated rings. The summed E-state index contributed by atoms with van der Waals surface area (Å²) in [4.78, 5) is 12.7. The zero-order valence-electron chi connectivity index (χ0n) is 7.89. The van der Waals surface area contributed by atoms with Crippen molar-refractivity contribution in [3.63, 3.8) is 0 Å². The van der Waals surface area contributed by atoms with E-state index in [0.29, 0.717) is 0 Å². The van der Waals surface area contributed by atoms with Crippen LogP contribution in [0.25, 0.3) is 10.7 Å². The van der Waals surface area contributed by atoms with Gasteiger partial charge in [0.25, 0.3) is 0 Å². The normalized spacial score (nSPS) is 10.4. The predicted octanol–water partition coefficient (Wildman–Crippen LogP) is 2.63. The van der Waals surface area contributed by atoms with E-state index in [1.807, 2.05) is 6.92 Å². The Morgan fingerprint density at radius 1 is 1.36 bits per heavy atom. The molecule has 0 aromatic carbocycles. The fourth-order valence-electron chi connectivity index (χ4n) is 1.09. The van der Waals surface area contributed by atoms with Crippen molar-refractivity contribution in [3.05, 3.63) is 24.3 Å². The molecular weight excluding hydrogens is 214 g/mol. The molecule has 5 heteroatoms. The van der Waals surface area contributed by atoms with E-state index < -0.39 is 0 Å². The van der Waals surface area contributed by atoms with Gasteiger partial charge >= 0.3 is 0 Å². The number of aryl methyl sites for hydroxylation is 1. The van der Waals surface area contributed by atoms with Gasteiger partial charge in [0.2, 0.25) is 0 Å². The molecule has 2 heterocycles. The van der Waals surface area contributed by atoms with Crippen LogP contribution in [0.15, 0.2) is 22.8 Å². The fraction of sp³-hybridized carbons (Fsp3) is 0.222. The molecule has 0 unspecified atom stereocenters. The largest absolute Gasteiger partial charge is 0.261 e. The highest BCUT2D eigenvalue weighted by Crippen LogP contribution is 2.31. The molecule has 0 N–H and O–H groups in total. The quantitative estimate of drug-likeness (QED) is 0.734. The highest BCUT2D eigenvalue weighted by molar-refractivity contribution is 8.00. The van der Waals surface area contributed by atoms with Crippen LogP contribution in [0.2, 0.25) is 0 Å². The Morgan fingerprint density at radius 3 is 2.79 bits per heavy atom. The van der Waals surface area contributed by atoms with Crippen molar-refractivity contribution in [1.82, 2.24) is 15.0 Å². The lowest BCUT2D eigenvalue weighted by molar-refractivity contribution is 1.16. The first-order chi connectivity index (χ1) is 6.81. The number of rotatable bonds is 2. The first kappa shape index (κ1) is 9.61. The minimum atomic E-state index is 0.848. The molecule has 0 saturated heterocycles. The third kappa shape index (κ3) is 1.78. The number of hydrogen-bond donors (Lipinski definition) is 0. The molecule has 0 aliphatic heterocycles. The minimum Gasteiger partial charge on any atom is -0.261 e. The average Bonchev–Trinajstić information content (AvgIpc) is 2.61. The van der Waals surface area contributed by atoms with E-state index in [1.165, 1.54) is 4.21 Å². The molecule has 0 aliphatic rings. The van der Waals surface area contributed by atoms with Gasteiger partial charge in [-0.3, -0.25) is 9.97 Å². The van der Waals surface area contributed by atoms with Gasteiger partial charge in [-0.25, -0.2) is 4.98 Å². The summed E-state index contributed by atoms with van der Waals surface area (Å²) in [5.41, 5.74) is 1.92. The molecular formula is C9H9N3S2. The van der Waals surface area contributed by atoms with Gasteiger partial charge in [-0.15, -0.1) is 23.1 Å². The monoisotopic (exact) mass is 223 g/mol. The van der Waals surface area contributed by atoms with Crippen LogP contribution in [0.5, 0.6) is 0 Å². The molecule has 2 aromatic rings. The minimum absolute atomic E-state index is 0.848. The van der Waals surface area contributed by atoms with Gasteiger partial charge in [0.05, 0.1) is 16.1 Å². The van der Waals surface area contributed by atoms with Gasteiger partial charge in [-0.05, 0) is 13.2 Å². The van der Waals surface area contributed by atoms with Crippen molar-refractivity contribution in [2.45, 2.75) is 11.1 Å². The summed E-state index contributed by atoms with van der Waals surface area (Å²) in [6.07, 6.45) is 7.15. The number of thioether (sulfide) groups is 1. The molecule has 0 atom stereocenters. The van der Waals surface area contributed by atoms with Crippen LogP contribution < -0.4 is 0 Å². The molecule has 0 radical (unpaired) electrons.